The van der Waals surface area contributed by atoms with Crippen LogP contribution in [0.3, 0.4) is 0 Å². The summed E-state index contributed by atoms with van der Waals surface area (Å²) >= 11 is 0. The standard InChI is InChI=1S/C13H22N4O/c1-4-6-11(5-2)16-13(18)10-7-9(3)15-12(8-10)17-14/h7-8,11H,4-6,14H2,1-3H3,(H,15,17)(H,16,18). The van der Waals surface area contributed by atoms with Gasteiger partial charge in [0.15, 0.2) is 0 Å². The topological polar surface area (TPSA) is 80.0 Å². The van der Waals surface area contributed by atoms with Gasteiger partial charge in [0.2, 0.25) is 0 Å². The first-order valence-corrected chi connectivity index (χ1v) is 6.36. The number of pyridine rings is 1. The summed E-state index contributed by atoms with van der Waals surface area (Å²) in [4.78, 5) is 16.3. The molecule has 0 aromatic carbocycles. The number of amides is 1. The normalized spacial score (nSPS) is 12.0. The number of hydrogen-bond donors (Lipinski definition) is 3. The number of rotatable bonds is 6. The second kappa shape index (κ2) is 6.96. The van der Waals surface area contributed by atoms with E-state index in [4.69, 9.17) is 5.84 Å². The van der Waals surface area contributed by atoms with Gasteiger partial charge in [0, 0.05) is 17.3 Å². The smallest absolute Gasteiger partial charge is 0.251 e. The first kappa shape index (κ1) is 14.4. The SMILES string of the molecule is CCCC(CC)NC(=O)c1cc(C)nc(NN)c1. The minimum atomic E-state index is -0.0719. The summed E-state index contributed by atoms with van der Waals surface area (Å²) in [7, 11) is 0. The lowest BCUT2D eigenvalue weighted by Gasteiger charge is -2.16. The first-order chi connectivity index (χ1) is 8.60. The van der Waals surface area contributed by atoms with Gasteiger partial charge >= 0.3 is 0 Å². The van der Waals surface area contributed by atoms with Crippen molar-refractivity contribution >= 4 is 11.7 Å². The van der Waals surface area contributed by atoms with E-state index < -0.39 is 0 Å². The molecular formula is C13H22N4O. The largest absolute Gasteiger partial charge is 0.349 e. The second-order valence-electron chi connectivity index (χ2n) is 4.39. The molecule has 100 valence electrons. The number of hydrogen-bond acceptors (Lipinski definition) is 4. The zero-order valence-electron chi connectivity index (χ0n) is 11.3. The monoisotopic (exact) mass is 250 g/mol. The van der Waals surface area contributed by atoms with Crippen molar-refractivity contribution in [1.29, 1.82) is 0 Å². The van der Waals surface area contributed by atoms with Crippen molar-refractivity contribution in [3.63, 3.8) is 0 Å². The number of nitrogen functional groups attached to an aromatic ring is 1. The van der Waals surface area contributed by atoms with Crippen LogP contribution in [0.5, 0.6) is 0 Å². The van der Waals surface area contributed by atoms with Crippen molar-refractivity contribution in [2.24, 2.45) is 5.84 Å². The number of hydrazine groups is 1. The minimum Gasteiger partial charge on any atom is -0.349 e. The fourth-order valence-corrected chi connectivity index (χ4v) is 1.87. The third kappa shape index (κ3) is 4.00. The predicted molar refractivity (Wildman–Crippen MR) is 73.2 cm³/mol. The highest BCUT2D eigenvalue weighted by Crippen LogP contribution is 2.10. The molecule has 0 radical (unpaired) electrons. The Balaban J connectivity index is 2.79. The van der Waals surface area contributed by atoms with Crippen molar-refractivity contribution in [1.82, 2.24) is 10.3 Å². The third-order valence-corrected chi connectivity index (χ3v) is 2.83. The van der Waals surface area contributed by atoms with E-state index >= 15 is 0 Å². The number of carbonyl (C=O) groups is 1. The van der Waals surface area contributed by atoms with Crippen LogP contribution >= 0.6 is 0 Å². The molecule has 1 aromatic rings. The lowest BCUT2D eigenvalue weighted by atomic mass is 10.1. The lowest BCUT2D eigenvalue weighted by Crippen LogP contribution is -2.34. The fraction of sp³-hybridized carbons (Fsp3) is 0.538. The molecule has 1 heterocycles. The maximum absolute atomic E-state index is 12.1. The molecule has 1 atom stereocenters. The molecular weight excluding hydrogens is 228 g/mol. The second-order valence-corrected chi connectivity index (χ2v) is 4.39. The van der Waals surface area contributed by atoms with Gasteiger partial charge in [-0.25, -0.2) is 10.8 Å². The van der Waals surface area contributed by atoms with Gasteiger partial charge in [-0.3, -0.25) is 4.79 Å². The highest BCUT2D eigenvalue weighted by Gasteiger charge is 2.12. The summed E-state index contributed by atoms with van der Waals surface area (Å²) in [5.74, 6) is 5.75. The Morgan fingerprint density at radius 1 is 1.44 bits per heavy atom. The number of nitrogens with zero attached hydrogens (tertiary/aromatic N) is 1. The van der Waals surface area contributed by atoms with E-state index in [1.807, 2.05) is 6.92 Å². The van der Waals surface area contributed by atoms with Crippen LogP contribution in [0.4, 0.5) is 5.82 Å². The van der Waals surface area contributed by atoms with Gasteiger partial charge in [0.25, 0.3) is 5.91 Å². The van der Waals surface area contributed by atoms with E-state index in [2.05, 4.69) is 29.6 Å². The van der Waals surface area contributed by atoms with Crippen molar-refractivity contribution in [2.75, 3.05) is 5.43 Å². The van der Waals surface area contributed by atoms with Crippen LogP contribution < -0.4 is 16.6 Å². The Hall–Kier alpha value is -1.62. The van der Waals surface area contributed by atoms with Crippen LogP contribution in [0.25, 0.3) is 0 Å². The molecule has 5 nitrogen and oxygen atoms in total. The van der Waals surface area contributed by atoms with Crippen LogP contribution in [-0.2, 0) is 0 Å². The Morgan fingerprint density at radius 3 is 2.72 bits per heavy atom. The summed E-state index contributed by atoms with van der Waals surface area (Å²) < 4.78 is 0. The van der Waals surface area contributed by atoms with Gasteiger partial charge in [-0.2, -0.15) is 0 Å². The van der Waals surface area contributed by atoms with E-state index in [1.54, 1.807) is 12.1 Å². The molecule has 0 fully saturated rings. The number of anilines is 1. The van der Waals surface area contributed by atoms with E-state index in [0.29, 0.717) is 11.4 Å². The molecule has 1 rings (SSSR count). The molecule has 1 unspecified atom stereocenters. The molecule has 0 spiro atoms. The maximum Gasteiger partial charge on any atom is 0.251 e. The Kier molecular flexibility index (Phi) is 5.58. The summed E-state index contributed by atoms with van der Waals surface area (Å²) in [5, 5.41) is 3.03. The van der Waals surface area contributed by atoms with E-state index in [1.165, 1.54) is 0 Å². The molecule has 0 bridgehead atoms. The fourth-order valence-electron chi connectivity index (χ4n) is 1.87. The quantitative estimate of drug-likeness (QED) is 0.533. The number of carbonyl (C=O) groups excluding carboxylic acids is 1. The number of aromatic nitrogens is 1. The number of nitrogens with two attached hydrogens (primary N) is 1. The molecule has 0 saturated carbocycles. The van der Waals surface area contributed by atoms with Crippen LogP contribution in [0.1, 0.15) is 49.2 Å². The molecule has 0 aliphatic heterocycles. The van der Waals surface area contributed by atoms with E-state index in [0.717, 1.165) is 25.0 Å². The maximum atomic E-state index is 12.1. The molecule has 0 aliphatic carbocycles. The van der Waals surface area contributed by atoms with Crippen LogP contribution in [-0.4, -0.2) is 16.9 Å². The first-order valence-electron chi connectivity index (χ1n) is 6.36. The number of nitrogens with one attached hydrogen (secondary N) is 2. The zero-order valence-corrected chi connectivity index (χ0v) is 11.3. The number of aryl methyl sites for hydroxylation is 1. The minimum absolute atomic E-state index is 0.0719. The van der Waals surface area contributed by atoms with Crippen molar-refractivity contribution in [3.05, 3.63) is 23.4 Å². The molecule has 0 saturated heterocycles. The van der Waals surface area contributed by atoms with Crippen LogP contribution in [0.2, 0.25) is 0 Å². The average Bonchev–Trinajstić information content (AvgIpc) is 2.37. The predicted octanol–water partition coefficient (Wildman–Crippen LogP) is 1.98. The Bertz CT molecular complexity index is 406. The molecule has 18 heavy (non-hydrogen) atoms. The van der Waals surface area contributed by atoms with Gasteiger partial charge in [-0.15, -0.1) is 0 Å². The van der Waals surface area contributed by atoms with Gasteiger partial charge in [-0.05, 0) is 31.9 Å². The Labute approximate surface area is 108 Å². The molecule has 5 heteroatoms. The highest BCUT2D eigenvalue weighted by atomic mass is 16.1. The highest BCUT2D eigenvalue weighted by molar-refractivity contribution is 5.95. The van der Waals surface area contributed by atoms with Gasteiger partial charge in [0.05, 0.1) is 0 Å². The summed E-state index contributed by atoms with van der Waals surface area (Å²) in [5.41, 5.74) is 3.82. The van der Waals surface area contributed by atoms with Gasteiger partial charge in [0.1, 0.15) is 5.82 Å². The van der Waals surface area contributed by atoms with E-state index in [-0.39, 0.29) is 11.9 Å². The van der Waals surface area contributed by atoms with Crippen molar-refractivity contribution in [2.45, 2.75) is 46.1 Å². The van der Waals surface area contributed by atoms with Gasteiger partial charge < -0.3 is 10.7 Å². The van der Waals surface area contributed by atoms with Crippen LogP contribution in [0, 0.1) is 6.92 Å². The van der Waals surface area contributed by atoms with Gasteiger partial charge in [-0.1, -0.05) is 20.3 Å². The summed E-state index contributed by atoms with van der Waals surface area (Å²) in [6, 6.07) is 3.64. The molecule has 1 aromatic heterocycles. The molecule has 0 aliphatic rings. The Morgan fingerprint density at radius 2 is 2.17 bits per heavy atom. The summed E-state index contributed by atoms with van der Waals surface area (Å²) in [6.07, 6.45) is 2.99. The molecule has 4 N–H and O–H groups in total. The van der Waals surface area contributed by atoms with Crippen molar-refractivity contribution in [3.8, 4) is 0 Å². The van der Waals surface area contributed by atoms with Crippen molar-refractivity contribution < 1.29 is 4.79 Å². The molecule has 1 amide bonds. The van der Waals surface area contributed by atoms with E-state index in [9.17, 15) is 4.79 Å². The summed E-state index contributed by atoms with van der Waals surface area (Å²) in [6.45, 7) is 6.02. The van der Waals surface area contributed by atoms with Crippen LogP contribution in [0.15, 0.2) is 12.1 Å². The lowest BCUT2D eigenvalue weighted by molar-refractivity contribution is 0.0933. The third-order valence-electron chi connectivity index (χ3n) is 2.83. The average molecular weight is 250 g/mol. The zero-order chi connectivity index (χ0) is 13.5.